The van der Waals surface area contributed by atoms with E-state index >= 15 is 0 Å². The first-order chi connectivity index (χ1) is 9.69. The van der Waals surface area contributed by atoms with Gasteiger partial charge < -0.3 is 9.30 Å². The molecule has 0 amide bonds. The van der Waals surface area contributed by atoms with Gasteiger partial charge in [0.2, 0.25) is 0 Å². The van der Waals surface area contributed by atoms with Gasteiger partial charge in [0, 0.05) is 11.1 Å². The second kappa shape index (κ2) is 5.46. The number of hydrogen-bond donors (Lipinski definition) is 0. The molecule has 1 heterocycles. The van der Waals surface area contributed by atoms with Crippen LogP contribution in [0.25, 0.3) is 0 Å². The summed E-state index contributed by atoms with van der Waals surface area (Å²) in [6, 6.07) is 3.62. The molecule has 104 valence electrons. The van der Waals surface area contributed by atoms with E-state index < -0.39 is 0 Å². The molecular formula is C14H12Cl2N2O2. The van der Waals surface area contributed by atoms with Gasteiger partial charge in [-0.3, -0.25) is 4.79 Å². The van der Waals surface area contributed by atoms with Crippen LogP contribution in [0.3, 0.4) is 0 Å². The van der Waals surface area contributed by atoms with E-state index in [1.807, 2.05) is 0 Å². The molecule has 1 aromatic carbocycles. The monoisotopic (exact) mass is 310 g/mol. The molecule has 0 spiro atoms. The molecule has 3 rings (SSSR count). The molecule has 0 radical (unpaired) electrons. The molecule has 1 aliphatic carbocycles. The maximum atomic E-state index is 11.1. The summed E-state index contributed by atoms with van der Waals surface area (Å²) in [6.07, 6.45) is 6.60. The summed E-state index contributed by atoms with van der Waals surface area (Å²) in [4.78, 5) is 15.2. The van der Waals surface area contributed by atoms with Crippen LogP contribution in [0.4, 0.5) is 0 Å². The van der Waals surface area contributed by atoms with Gasteiger partial charge in [-0.25, -0.2) is 4.98 Å². The fourth-order valence-corrected chi connectivity index (χ4v) is 2.66. The normalized spacial score (nSPS) is 14.3. The van der Waals surface area contributed by atoms with E-state index in [-0.39, 0.29) is 0 Å². The first-order valence-electron chi connectivity index (χ1n) is 6.26. The van der Waals surface area contributed by atoms with Crippen LogP contribution < -0.4 is 4.74 Å². The van der Waals surface area contributed by atoms with E-state index in [9.17, 15) is 4.79 Å². The molecule has 1 fully saturated rings. The minimum atomic E-state index is 0.318. The Bertz CT molecular complexity index is 651. The molecule has 0 bridgehead atoms. The highest BCUT2D eigenvalue weighted by Gasteiger charge is 2.25. The van der Waals surface area contributed by atoms with Gasteiger partial charge in [0.05, 0.1) is 28.8 Å². The van der Waals surface area contributed by atoms with E-state index in [2.05, 4.69) is 9.55 Å². The van der Waals surface area contributed by atoms with Gasteiger partial charge in [-0.05, 0) is 25.0 Å². The van der Waals surface area contributed by atoms with Crippen LogP contribution in [-0.2, 0) is 6.61 Å². The smallest absolute Gasteiger partial charge is 0.153 e. The van der Waals surface area contributed by atoms with Crippen molar-refractivity contribution in [2.24, 2.45) is 0 Å². The third kappa shape index (κ3) is 2.67. The largest absolute Gasteiger partial charge is 0.485 e. The predicted octanol–water partition coefficient (Wildman–Crippen LogP) is 3.92. The van der Waals surface area contributed by atoms with E-state index in [1.54, 1.807) is 18.6 Å². The van der Waals surface area contributed by atoms with Gasteiger partial charge in [-0.2, -0.15) is 0 Å². The Labute approximate surface area is 126 Å². The van der Waals surface area contributed by atoms with Crippen molar-refractivity contribution < 1.29 is 9.53 Å². The Morgan fingerprint density at radius 1 is 1.40 bits per heavy atom. The first kappa shape index (κ1) is 13.5. The first-order valence-corrected chi connectivity index (χ1v) is 7.02. The Morgan fingerprint density at radius 2 is 2.20 bits per heavy atom. The van der Waals surface area contributed by atoms with Crippen LogP contribution in [0, 0.1) is 0 Å². The second-order valence-corrected chi connectivity index (χ2v) is 5.58. The lowest BCUT2D eigenvalue weighted by Crippen LogP contribution is -2.05. The fourth-order valence-electron chi connectivity index (χ4n) is 2.09. The predicted molar refractivity (Wildman–Crippen MR) is 76.7 cm³/mol. The number of nitrogens with zero attached hydrogens (tertiary/aromatic N) is 2. The maximum Gasteiger partial charge on any atom is 0.153 e. The molecule has 0 atom stereocenters. The number of carbonyl (C=O) groups is 1. The minimum Gasteiger partial charge on any atom is -0.485 e. The molecule has 0 aliphatic heterocycles. The summed E-state index contributed by atoms with van der Waals surface area (Å²) >= 11 is 11.9. The van der Waals surface area contributed by atoms with Crippen LogP contribution in [0.1, 0.15) is 34.9 Å². The van der Waals surface area contributed by atoms with Crippen LogP contribution in [-0.4, -0.2) is 15.8 Å². The van der Waals surface area contributed by atoms with E-state index in [4.69, 9.17) is 27.9 Å². The fraction of sp³-hybridized carbons (Fsp3) is 0.286. The molecule has 0 unspecified atom stereocenters. The number of ether oxygens (including phenoxy) is 1. The van der Waals surface area contributed by atoms with E-state index in [1.165, 1.54) is 18.9 Å². The molecule has 0 saturated heterocycles. The molecular weight excluding hydrogens is 299 g/mol. The molecule has 2 aromatic rings. The minimum absolute atomic E-state index is 0.318. The highest BCUT2D eigenvalue weighted by atomic mass is 35.5. The lowest BCUT2D eigenvalue weighted by atomic mass is 10.2. The van der Waals surface area contributed by atoms with Gasteiger partial charge >= 0.3 is 0 Å². The van der Waals surface area contributed by atoms with E-state index in [0.29, 0.717) is 40.3 Å². The van der Waals surface area contributed by atoms with Gasteiger partial charge in [0.15, 0.2) is 6.29 Å². The summed E-state index contributed by atoms with van der Waals surface area (Å²) in [5, 5.41) is 0.740. The summed E-state index contributed by atoms with van der Waals surface area (Å²) in [6.45, 7) is 0.318. The zero-order chi connectivity index (χ0) is 14.1. The zero-order valence-electron chi connectivity index (χ0n) is 10.6. The molecule has 0 N–H and O–H groups in total. The average Bonchev–Trinajstić information content (AvgIpc) is 3.16. The van der Waals surface area contributed by atoms with Crippen molar-refractivity contribution in [3.63, 3.8) is 0 Å². The van der Waals surface area contributed by atoms with Gasteiger partial charge in [0.1, 0.15) is 12.4 Å². The number of aromatic nitrogens is 2. The van der Waals surface area contributed by atoms with Gasteiger partial charge in [-0.15, -0.1) is 0 Å². The molecule has 1 aromatic heterocycles. The third-order valence-electron chi connectivity index (χ3n) is 3.21. The summed E-state index contributed by atoms with van der Waals surface area (Å²) in [5.41, 5.74) is 1.32. The highest BCUT2D eigenvalue weighted by molar-refractivity contribution is 6.36. The molecule has 1 aliphatic rings. The maximum absolute atomic E-state index is 11.1. The van der Waals surface area contributed by atoms with Crippen molar-refractivity contribution in [1.82, 2.24) is 9.55 Å². The SMILES string of the molecule is O=Cc1cc(Cl)cc(Cl)c1OCc1cncn1C1CC1. The van der Waals surface area contributed by atoms with Crippen LogP contribution in [0.2, 0.25) is 10.0 Å². The number of rotatable bonds is 5. The Kier molecular flexibility index (Phi) is 3.68. The average molecular weight is 311 g/mol. The number of benzene rings is 1. The van der Waals surface area contributed by atoms with Crippen LogP contribution in [0.5, 0.6) is 5.75 Å². The lowest BCUT2D eigenvalue weighted by Gasteiger charge is -2.12. The van der Waals surface area contributed by atoms with E-state index in [0.717, 1.165) is 5.69 Å². The zero-order valence-corrected chi connectivity index (χ0v) is 12.1. The Morgan fingerprint density at radius 3 is 2.90 bits per heavy atom. The molecule has 4 nitrogen and oxygen atoms in total. The van der Waals surface area contributed by atoms with Crippen molar-refractivity contribution >= 4 is 29.5 Å². The van der Waals surface area contributed by atoms with Crippen molar-refractivity contribution in [3.8, 4) is 5.75 Å². The van der Waals surface area contributed by atoms with Gasteiger partial charge in [-0.1, -0.05) is 23.2 Å². The molecule has 1 saturated carbocycles. The standard InChI is InChI=1S/C14H12Cl2N2O2/c15-10-3-9(6-19)14(13(16)4-10)20-7-12-5-17-8-18(12)11-1-2-11/h3-6,8,11H,1-2,7H2. The molecule has 20 heavy (non-hydrogen) atoms. The number of hydrogen-bond acceptors (Lipinski definition) is 3. The quantitative estimate of drug-likeness (QED) is 0.786. The highest BCUT2D eigenvalue weighted by Crippen LogP contribution is 2.36. The second-order valence-electron chi connectivity index (χ2n) is 4.74. The van der Waals surface area contributed by atoms with Crippen molar-refractivity contribution in [1.29, 1.82) is 0 Å². The Balaban J connectivity index is 1.81. The van der Waals surface area contributed by atoms with Crippen LogP contribution in [0.15, 0.2) is 24.7 Å². The number of halogens is 2. The van der Waals surface area contributed by atoms with Gasteiger partial charge in [0.25, 0.3) is 0 Å². The van der Waals surface area contributed by atoms with Crippen molar-refractivity contribution in [2.75, 3.05) is 0 Å². The summed E-state index contributed by atoms with van der Waals surface area (Å²) < 4.78 is 7.80. The number of aldehydes is 1. The molecule has 6 heteroatoms. The third-order valence-corrected chi connectivity index (χ3v) is 3.71. The number of imidazole rings is 1. The topological polar surface area (TPSA) is 44.1 Å². The summed E-state index contributed by atoms with van der Waals surface area (Å²) in [5.74, 6) is 0.356. The van der Waals surface area contributed by atoms with Crippen LogP contribution >= 0.6 is 23.2 Å². The Hall–Kier alpha value is -1.52. The lowest BCUT2D eigenvalue weighted by molar-refractivity contribution is 0.111. The number of carbonyl (C=O) groups excluding carboxylic acids is 1. The van der Waals surface area contributed by atoms with Crippen molar-refractivity contribution in [2.45, 2.75) is 25.5 Å². The van der Waals surface area contributed by atoms with Crippen molar-refractivity contribution in [3.05, 3.63) is 46.0 Å². The summed E-state index contributed by atoms with van der Waals surface area (Å²) in [7, 11) is 0.